The van der Waals surface area contributed by atoms with E-state index in [1.165, 1.54) is 6.26 Å². The molecule has 23 heavy (non-hydrogen) atoms. The SMILES string of the molecule is CN(C)CCn1cc(NC(=O)NCC(C)(O)c2ccco2)cn1. The first-order valence-electron chi connectivity index (χ1n) is 7.35. The Labute approximate surface area is 135 Å². The molecular formula is C15H23N5O3. The summed E-state index contributed by atoms with van der Waals surface area (Å²) in [6, 6.07) is 2.93. The molecule has 1 atom stereocenters. The van der Waals surface area contributed by atoms with E-state index < -0.39 is 11.6 Å². The highest BCUT2D eigenvalue weighted by atomic mass is 16.4. The minimum Gasteiger partial charge on any atom is -0.466 e. The van der Waals surface area contributed by atoms with Crippen LogP contribution in [-0.4, -0.2) is 53.0 Å². The van der Waals surface area contributed by atoms with Crippen LogP contribution in [0.4, 0.5) is 10.5 Å². The van der Waals surface area contributed by atoms with Crippen LogP contribution in [0, 0.1) is 0 Å². The van der Waals surface area contributed by atoms with Gasteiger partial charge in [-0.3, -0.25) is 4.68 Å². The summed E-state index contributed by atoms with van der Waals surface area (Å²) in [6.45, 7) is 3.20. The second-order valence-corrected chi connectivity index (χ2v) is 5.85. The summed E-state index contributed by atoms with van der Waals surface area (Å²) in [4.78, 5) is 13.9. The molecule has 1 unspecified atom stereocenters. The van der Waals surface area contributed by atoms with Crippen LogP contribution >= 0.6 is 0 Å². The molecule has 0 bridgehead atoms. The minimum atomic E-state index is -1.27. The van der Waals surface area contributed by atoms with E-state index in [-0.39, 0.29) is 6.54 Å². The number of hydrogen-bond donors (Lipinski definition) is 3. The van der Waals surface area contributed by atoms with Gasteiger partial charge in [-0.25, -0.2) is 4.79 Å². The fraction of sp³-hybridized carbons (Fsp3) is 0.467. The van der Waals surface area contributed by atoms with Crippen LogP contribution < -0.4 is 10.6 Å². The highest BCUT2D eigenvalue weighted by Gasteiger charge is 2.26. The van der Waals surface area contributed by atoms with Crippen LogP contribution in [0.3, 0.4) is 0 Å². The van der Waals surface area contributed by atoms with Gasteiger partial charge < -0.3 is 25.1 Å². The number of furan rings is 1. The lowest BCUT2D eigenvalue weighted by atomic mass is 10.0. The number of nitrogens with zero attached hydrogens (tertiary/aromatic N) is 3. The van der Waals surface area contributed by atoms with Gasteiger partial charge in [-0.1, -0.05) is 0 Å². The van der Waals surface area contributed by atoms with Gasteiger partial charge in [-0.05, 0) is 33.2 Å². The van der Waals surface area contributed by atoms with Crippen molar-refractivity contribution in [1.82, 2.24) is 20.0 Å². The lowest BCUT2D eigenvalue weighted by Crippen LogP contribution is -2.40. The van der Waals surface area contributed by atoms with E-state index >= 15 is 0 Å². The summed E-state index contributed by atoms with van der Waals surface area (Å²) >= 11 is 0. The highest BCUT2D eigenvalue weighted by molar-refractivity contribution is 5.88. The highest BCUT2D eigenvalue weighted by Crippen LogP contribution is 2.19. The Morgan fingerprint density at radius 1 is 1.52 bits per heavy atom. The zero-order valence-electron chi connectivity index (χ0n) is 13.6. The molecular weight excluding hydrogens is 298 g/mol. The predicted molar refractivity (Wildman–Crippen MR) is 86.1 cm³/mol. The van der Waals surface area contributed by atoms with Crippen molar-refractivity contribution in [3.05, 3.63) is 36.5 Å². The van der Waals surface area contributed by atoms with E-state index in [0.29, 0.717) is 11.4 Å². The molecule has 0 aromatic carbocycles. The molecule has 0 aliphatic carbocycles. The number of anilines is 1. The fourth-order valence-electron chi connectivity index (χ4n) is 1.95. The zero-order valence-corrected chi connectivity index (χ0v) is 13.6. The molecule has 0 saturated carbocycles. The van der Waals surface area contributed by atoms with Gasteiger partial charge in [0.1, 0.15) is 11.4 Å². The number of hydrogen-bond acceptors (Lipinski definition) is 5. The molecule has 2 aromatic heterocycles. The lowest BCUT2D eigenvalue weighted by Gasteiger charge is -2.21. The second kappa shape index (κ2) is 7.30. The second-order valence-electron chi connectivity index (χ2n) is 5.85. The van der Waals surface area contributed by atoms with E-state index in [2.05, 4.69) is 20.6 Å². The van der Waals surface area contributed by atoms with Gasteiger partial charge in [0, 0.05) is 12.7 Å². The standard InChI is InChI=1S/C15H23N5O3/c1-15(22,13-5-4-8-23-13)11-16-14(21)18-12-9-17-20(10-12)7-6-19(2)3/h4-5,8-10,22H,6-7,11H2,1-3H3,(H2,16,18,21). The summed E-state index contributed by atoms with van der Waals surface area (Å²) in [5.74, 6) is 0.398. The molecule has 2 amide bonds. The normalized spacial score (nSPS) is 13.8. The zero-order chi connectivity index (χ0) is 16.9. The first-order chi connectivity index (χ1) is 10.9. The van der Waals surface area contributed by atoms with Crippen molar-refractivity contribution < 1.29 is 14.3 Å². The molecule has 2 aromatic rings. The number of aromatic nitrogens is 2. The quantitative estimate of drug-likeness (QED) is 0.709. The number of likely N-dealkylation sites (N-methyl/N-ethyl adjacent to an activating group) is 1. The summed E-state index contributed by atoms with van der Waals surface area (Å²) < 4.78 is 6.92. The van der Waals surface area contributed by atoms with Crippen LogP contribution in [0.5, 0.6) is 0 Å². The number of nitrogens with one attached hydrogen (secondary N) is 2. The molecule has 0 radical (unpaired) electrons. The molecule has 2 rings (SSSR count). The third-order valence-corrected chi connectivity index (χ3v) is 3.31. The molecule has 0 aliphatic rings. The van der Waals surface area contributed by atoms with Crippen LogP contribution in [-0.2, 0) is 12.1 Å². The maximum Gasteiger partial charge on any atom is 0.319 e. The van der Waals surface area contributed by atoms with Crippen molar-refractivity contribution in [3.63, 3.8) is 0 Å². The average Bonchev–Trinajstić information content (AvgIpc) is 3.15. The van der Waals surface area contributed by atoms with Gasteiger partial charge in [0.05, 0.1) is 31.2 Å². The van der Waals surface area contributed by atoms with Crippen LogP contribution in [0.2, 0.25) is 0 Å². The van der Waals surface area contributed by atoms with Crippen LogP contribution in [0.1, 0.15) is 12.7 Å². The monoisotopic (exact) mass is 321 g/mol. The van der Waals surface area contributed by atoms with Gasteiger partial charge in [-0.2, -0.15) is 5.10 Å². The van der Waals surface area contributed by atoms with Gasteiger partial charge in [0.25, 0.3) is 0 Å². The van der Waals surface area contributed by atoms with Crippen LogP contribution in [0.15, 0.2) is 35.2 Å². The number of rotatable bonds is 7. The van der Waals surface area contributed by atoms with E-state index in [4.69, 9.17) is 4.42 Å². The Balaban J connectivity index is 1.81. The molecule has 8 nitrogen and oxygen atoms in total. The smallest absolute Gasteiger partial charge is 0.319 e. The maximum absolute atomic E-state index is 11.9. The average molecular weight is 321 g/mol. The van der Waals surface area contributed by atoms with E-state index in [9.17, 15) is 9.90 Å². The predicted octanol–water partition coefficient (Wildman–Crippen LogP) is 1.07. The maximum atomic E-state index is 11.9. The van der Waals surface area contributed by atoms with E-state index in [0.717, 1.165) is 13.1 Å². The van der Waals surface area contributed by atoms with Crippen molar-refractivity contribution in [2.45, 2.75) is 19.1 Å². The third kappa shape index (κ3) is 5.11. The molecule has 0 fully saturated rings. The summed E-state index contributed by atoms with van der Waals surface area (Å²) in [5, 5.41) is 19.7. The van der Waals surface area contributed by atoms with Gasteiger partial charge in [0.2, 0.25) is 0 Å². The summed E-state index contributed by atoms with van der Waals surface area (Å²) in [5.41, 5.74) is -0.671. The van der Waals surface area contributed by atoms with E-state index in [1.54, 1.807) is 36.1 Å². The Morgan fingerprint density at radius 2 is 2.30 bits per heavy atom. The fourth-order valence-corrected chi connectivity index (χ4v) is 1.95. The molecule has 0 spiro atoms. The Morgan fingerprint density at radius 3 is 2.96 bits per heavy atom. The van der Waals surface area contributed by atoms with Gasteiger partial charge >= 0.3 is 6.03 Å². The Hall–Kier alpha value is -2.32. The van der Waals surface area contributed by atoms with Crippen molar-refractivity contribution in [2.75, 3.05) is 32.5 Å². The van der Waals surface area contributed by atoms with Crippen molar-refractivity contribution in [3.8, 4) is 0 Å². The largest absolute Gasteiger partial charge is 0.466 e. The Bertz CT molecular complexity index is 619. The van der Waals surface area contributed by atoms with Crippen molar-refractivity contribution >= 4 is 11.7 Å². The Kier molecular flexibility index (Phi) is 5.41. The lowest BCUT2D eigenvalue weighted by molar-refractivity contribution is 0.0372. The molecule has 2 heterocycles. The van der Waals surface area contributed by atoms with E-state index in [1.807, 2.05) is 14.1 Å². The van der Waals surface area contributed by atoms with Gasteiger partial charge in [-0.15, -0.1) is 0 Å². The summed E-state index contributed by atoms with van der Waals surface area (Å²) in [7, 11) is 3.97. The molecule has 0 aliphatic heterocycles. The molecule has 3 N–H and O–H groups in total. The number of aliphatic hydroxyl groups is 1. The first-order valence-corrected chi connectivity index (χ1v) is 7.35. The molecule has 8 heteroatoms. The third-order valence-electron chi connectivity index (χ3n) is 3.31. The minimum absolute atomic E-state index is 0.0289. The topological polar surface area (TPSA) is 95.6 Å². The van der Waals surface area contributed by atoms with Crippen LogP contribution in [0.25, 0.3) is 0 Å². The molecule has 126 valence electrons. The first kappa shape index (κ1) is 17.0. The van der Waals surface area contributed by atoms with Crippen molar-refractivity contribution in [1.29, 1.82) is 0 Å². The molecule has 0 saturated heterocycles. The summed E-state index contributed by atoms with van der Waals surface area (Å²) in [6.07, 6.45) is 4.82. The number of urea groups is 1. The van der Waals surface area contributed by atoms with Gasteiger partial charge in [0.15, 0.2) is 0 Å². The van der Waals surface area contributed by atoms with Crippen molar-refractivity contribution in [2.24, 2.45) is 0 Å². The number of amides is 2. The number of carbonyl (C=O) groups excluding carboxylic acids is 1. The number of carbonyl (C=O) groups is 1.